The molecular formula is C15H18N+. The average Bonchev–Trinajstić information content (AvgIpc) is 2.25. The average molecular weight is 212 g/mol. The van der Waals surface area contributed by atoms with Gasteiger partial charge in [-0.2, -0.15) is 0 Å². The van der Waals surface area contributed by atoms with Gasteiger partial charge in [0.2, 0.25) is 5.69 Å². The maximum atomic E-state index is 2.26. The summed E-state index contributed by atoms with van der Waals surface area (Å²) in [5, 5.41) is 0. The van der Waals surface area contributed by atoms with E-state index in [1.54, 1.807) is 0 Å². The highest BCUT2D eigenvalue weighted by Crippen LogP contribution is 2.21. The van der Waals surface area contributed by atoms with Crippen LogP contribution in [0.4, 0.5) is 0 Å². The minimum absolute atomic E-state index is 1.28. The Labute approximate surface area is 97.4 Å². The highest BCUT2D eigenvalue weighted by molar-refractivity contribution is 5.61. The van der Waals surface area contributed by atoms with Gasteiger partial charge in [-0.1, -0.05) is 18.2 Å². The van der Waals surface area contributed by atoms with Crippen LogP contribution in [-0.2, 0) is 7.05 Å². The summed E-state index contributed by atoms with van der Waals surface area (Å²) < 4.78 is 2.20. The standard InChI is InChI=1S/C15H18N/c1-11-7-5-6-8-14(11)15-9-12(2)13(3)10-16(15)4/h5-10H,1-4H3/q+1. The van der Waals surface area contributed by atoms with Gasteiger partial charge in [0.15, 0.2) is 6.20 Å². The summed E-state index contributed by atoms with van der Waals surface area (Å²) >= 11 is 0. The van der Waals surface area contributed by atoms with Crippen molar-refractivity contribution in [2.75, 3.05) is 0 Å². The van der Waals surface area contributed by atoms with Crippen LogP contribution in [0, 0.1) is 20.8 Å². The van der Waals surface area contributed by atoms with E-state index in [0.29, 0.717) is 0 Å². The van der Waals surface area contributed by atoms with E-state index < -0.39 is 0 Å². The van der Waals surface area contributed by atoms with Crippen molar-refractivity contribution < 1.29 is 4.57 Å². The van der Waals surface area contributed by atoms with Gasteiger partial charge in [0.1, 0.15) is 7.05 Å². The van der Waals surface area contributed by atoms with Crippen LogP contribution >= 0.6 is 0 Å². The molecule has 1 nitrogen and oxygen atoms in total. The first-order valence-corrected chi connectivity index (χ1v) is 5.62. The van der Waals surface area contributed by atoms with E-state index in [1.807, 2.05) is 0 Å². The summed E-state index contributed by atoms with van der Waals surface area (Å²) in [7, 11) is 2.11. The molecule has 2 rings (SSSR count). The fourth-order valence-corrected chi connectivity index (χ4v) is 2.01. The van der Waals surface area contributed by atoms with Gasteiger partial charge in [-0.3, -0.25) is 0 Å². The largest absolute Gasteiger partial charge is 0.212 e. The molecule has 0 amide bonds. The fourth-order valence-electron chi connectivity index (χ4n) is 2.01. The first kappa shape index (κ1) is 10.9. The number of hydrogen-bond donors (Lipinski definition) is 0. The molecule has 0 bridgehead atoms. The summed E-state index contributed by atoms with van der Waals surface area (Å²) in [5.74, 6) is 0. The SMILES string of the molecule is Cc1cc(-c2ccccc2C)[n+](C)cc1C. The smallest absolute Gasteiger partial charge is 0.201 e. The molecule has 1 heterocycles. The molecule has 0 unspecified atom stereocenters. The maximum absolute atomic E-state index is 2.26. The zero-order valence-corrected chi connectivity index (χ0v) is 10.4. The van der Waals surface area contributed by atoms with Crippen molar-refractivity contribution in [3.05, 3.63) is 53.2 Å². The number of benzene rings is 1. The summed E-state index contributed by atoms with van der Waals surface area (Å²) in [6, 6.07) is 10.8. The molecule has 1 heteroatoms. The van der Waals surface area contributed by atoms with Crippen LogP contribution in [0.5, 0.6) is 0 Å². The quantitative estimate of drug-likeness (QED) is 0.639. The van der Waals surface area contributed by atoms with Crippen LogP contribution in [0.3, 0.4) is 0 Å². The van der Waals surface area contributed by atoms with Crippen molar-refractivity contribution in [3.8, 4) is 11.3 Å². The van der Waals surface area contributed by atoms with Crippen molar-refractivity contribution in [2.24, 2.45) is 7.05 Å². The molecule has 0 saturated carbocycles. The van der Waals surface area contributed by atoms with Crippen molar-refractivity contribution in [1.29, 1.82) is 0 Å². The Morgan fingerprint density at radius 1 is 0.875 bits per heavy atom. The predicted molar refractivity (Wildman–Crippen MR) is 67.3 cm³/mol. The minimum atomic E-state index is 1.28. The Balaban J connectivity index is 2.65. The topological polar surface area (TPSA) is 3.88 Å². The fraction of sp³-hybridized carbons (Fsp3) is 0.267. The second kappa shape index (κ2) is 4.09. The Hall–Kier alpha value is -1.63. The number of aromatic nitrogens is 1. The highest BCUT2D eigenvalue weighted by Gasteiger charge is 2.13. The monoisotopic (exact) mass is 212 g/mol. The molecule has 16 heavy (non-hydrogen) atoms. The lowest BCUT2D eigenvalue weighted by Gasteiger charge is -2.06. The second-order valence-electron chi connectivity index (χ2n) is 4.45. The normalized spacial score (nSPS) is 10.5. The van der Waals surface area contributed by atoms with Gasteiger partial charge in [0.05, 0.1) is 0 Å². The van der Waals surface area contributed by atoms with E-state index in [0.717, 1.165) is 0 Å². The molecule has 82 valence electrons. The van der Waals surface area contributed by atoms with E-state index in [4.69, 9.17) is 0 Å². The van der Waals surface area contributed by atoms with Gasteiger partial charge < -0.3 is 0 Å². The molecule has 0 N–H and O–H groups in total. The van der Waals surface area contributed by atoms with Crippen LogP contribution < -0.4 is 4.57 Å². The Morgan fingerprint density at radius 2 is 1.56 bits per heavy atom. The Bertz CT molecular complexity index is 527. The van der Waals surface area contributed by atoms with Crippen LogP contribution in [0.15, 0.2) is 36.5 Å². The number of rotatable bonds is 1. The summed E-state index contributed by atoms with van der Waals surface area (Å²) in [6.07, 6.45) is 2.19. The number of nitrogens with zero attached hydrogens (tertiary/aromatic N) is 1. The molecule has 0 saturated heterocycles. The van der Waals surface area contributed by atoms with E-state index in [-0.39, 0.29) is 0 Å². The Morgan fingerprint density at radius 3 is 2.25 bits per heavy atom. The molecule has 0 fully saturated rings. The van der Waals surface area contributed by atoms with Crippen molar-refractivity contribution in [3.63, 3.8) is 0 Å². The number of aryl methyl sites for hydroxylation is 4. The summed E-state index contributed by atoms with van der Waals surface area (Å²) in [5.41, 5.74) is 6.59. The molecule has 0 aliphatic carbocycles. The van der Waals surface area contributed by atoms with E-state index >= 15 is 0 Å². The summed E-state index contributed by atoms with van der Waals surface area (Å²) in [6.45, 7) is 6.47. The highest BCUT2D eigenvalue weighted by atomic mass is 14.9. The molecule has 0 aliphatic heterocycles. The van der Waals surface area contributed by atoms with Crippen molar-refractivity contribution in [2.45, 2.75) is 20.8 Å². The number of hydrogen-bond acceptors (Lipinski definition) is 0. The maximum Gasteiger partial charge on any atom is 0.212 e. The second-order valence-corrected chi connectivity index (χ2v) is 4.45. The lowest BCUT2D eigenvalue weighted by Crippen LogP contribution is -2.31. The van der Waals surface area contributed by atoms with E-state index in [1.165, 1.54) is 27.9 Å². The third kappa shape index (κ3) is 1.85. The molecule has 1 aromatic heterocycles. The molecule has 0 atom stereocenters. The lowest BCUT2D eigenvalue weighted by atomic mass is 10.0. The zero-order valence-electron chi connectivity index (χ0n) is 10.4. The minimum Gasteiger partial charge on any atom is -0.201 e. The van der Waals surface area contributed by atoms with Gasteiger partial charge >= 0.3 is 0 Å². The third-order valence-corrected chi connectivity index (χ3v) is 3.16. The van der Waals surface area contributed by atoms with Crippen molar-refractivity contribution >= 4 is 0 Å². The first-order valence-electron chi connectivity index (χ1n) is 5.62. The molecule has 0 aliphatic rings. The van der Waals surface area contributed by atoms with Gasteiger partial charge in [0.25, 0.3) is 0 Å². The number of pyridine rings is 1. The van der Waals surface area contributed by atoms with Crippen LogP contribution in [-0.4, -0.2) is 0 Å². The molecular weight excluding hydrogens is 194 g/mol. The lowest BCUT2D eigenvalue weighted by molar-refractivity contribution is -0.660. The summed E-state index contributed by atoms with van der Waals surface area (Å²) in [4.78, 5) is 0. The van der Waals surface area contributed by atoms with Gasteiger partial charge in [-0.05, 0) is 38.0 Å². The van der Waals surface area contributed by atoms with Crippen LogP contribution in [0.1, 0.15) is 16.7 Å². The molecule has 1 aromatic carbocycles. The van der Waals surface area contributed by atoms with E-state index in [9.17, 15) is 0 Å². The van der Waals surface area contributed by atoms with Crippen LogP contribution in [0.25, 0.3) is 11.3 Å². The van der Waals surface area contributed by atoms with Crippen molar-refractivity contribution in [1.82, 2.24) is 0 Å². The van der Waals surface area contributed by atoms with E-state index in [2.05, 4.69) is 68.9 Å². The van der Waals surface area contributed by atoms with Crippen LogP contribution in [0.2, 0.25) is 0 Å². The Kier molecular flexibility index (Phi) is 2.78. The third-order valence-electron chi connectivity index (χ3n) is 3.16. The van der Waals surface area contributed by atoms with Gasteiger partial charge in [-0.15, -0.1) is 0 Å². The van der Waals surface area contributed by atoms with Gasteiger partial charge in [-0.25, -0.2) is 4.57 Å². The molecule has 0 radical (unpaired) electrons. The first-order chi connectivity index (χ1) is 7.59. The zero-order chi connectivity index (χ0) is 11.7. The molecule has 0 spiro atoms. The molecule has 2 aromatic rings. The predicted octanol–water partition coefficient (Wildman–Crippen LogP) is 3.10. The van der Waals surface area contributed by atoms with Gasteiger partial charge in [0, 0.05) is 17.2 Å².